The predicted octanol–water partition coefficient (Wildman–Crippen LogP) is 7.62. The van der Waals surface area contributed by atoms with Gasteiger partial charge in [-0.1, -0.05) is 30.9 Å². The molecule has 0 radical (unpaired) electrons. The first-order valence-electron chi connectivity index (χ1n) is 19.3. The summed E-state index contributed by atoms with van der Waals surface area (Å²) in [5.41, 5.74) is 7.91. The second-order valence-corrected chi connectivity index (χ2v) is 15.0. The van der Waals surface area contributed by atoms with E-state index in [1.165, 1.54) is 16.7 Å². The predicted molar refractivity (Wildman–Crippen MR) is 213 cm³/mol. The Kier molecular flexibility index (Phi) is 11.7. The topological polar surface area (TPSA) is 88.9 Å². The zero-order valence-corrected chi connectivity index (χ0v) is 33.2. The molecule has 3 aromatic carbocycles. The molecule has 0 spiro atoms. The number of fused-ring (bicyclic) bond motifs is 3. The van der Waals surface area contributed by atoms with Gasteiger partial charge in [0, 0.05) is 54.8 Å². The molecule has 0 unspecified atom stereocenters. The lowest BCUT2D eigenvalue weighted by Gasteiger charge is -2.39. The maximum Gasteiger partial charge on any atom is 0.284 e. The Labute approximate surface area is 326 Å². The van der Waals surface area contributed by atoms with Gasteiger partial charge in [0.05, 0.1) is 34.5 Å². The van der Waals surface area contributed by atoms with Gasteiger partial charge in [0.25, 0.3) is 5.95 Å². The Hall–Kier alpha value is -4.95. The van der Waals surface area contributed by atoms with Gasteiger partial charge in [-0.05, 0) is 118 Å². The molecule has 0 aliphatic carbocycles. The Balaban J connectivity index is 1.45. The van der Waals surface area contributed by atoms with Gasteiger partial charge >= 0.3 is 0 Å². The van der Waals surface area contributed by atoms with Gasteiger partial charge in [-0.25, -0.2) is 0 Å². The summed E-state index contributed by atoms with van der Waals surface area (Å²) in [5, 5.41) is 9.60. The first kappa shape index (κ1) is 38.3. The van der Waals surface area contributed by atoms with Gasteiger partial charge in [0.15, 0.2) is 23.0 Å². The molecule has 10 nitrogen and oxygen atoms in total. The molecule has 0 amide bonds. The quantitative estimate of drug-likeness (QED) is 0.241. The molecule has 5 heterocycles. The van der Waals surface area contributed by atoms with Gasteiger partial charge in [-0.3, -0.25) is 14.7 Å². The van der Waals surface area contributed by atoms with Gasteiger partial charge in [0.1, 0.15) is 5.75 Å². The molecule has 0 aromatic heterocycles. The number of ether oxygens (including phenoxy) is 6. The Morgan fingerprint density at radius 2 is 1.51 bits per heavy atom. The minimum Gasteiger partial charge on any atom is -0.493 e. The monoisotopic (exact) mass is 746 g/mol. The fourth-order valence-electron chi connectivity index (χ4n) is 8.75. The summed E-state index contributed by atoms with van der Waals surface area (Å²) in [7, 11) is 11.1. The molecule has 1 saturated heterocycles. The minimum absolute atomic E-state index is 0.0507. The second kappa shape index (κ2) is 16.8. The Morgan fingerprint density at radius 1 is 0.818 bits per heavy atom. The van der Waals surface area contributed by atoms with E-state index in [0.29, 0.717) is 47.7 Å². The molecular formula is C45H54N4O6. The summed E-state index contributed by atoms with van der Waals surface area (Å²) in [6.07, 6.45) is 8.84. The minimum atomic E-state index is -0.0873. The van der Waals surface area contributed by atoms with Crippen LogP contribution in [0.2, 0.25) is 0 Å². The van der Waals surface area contributed by atoms with Crippen LogP contribution in [0.4, 0.5) is 0 Å². The van der Waals surface area contributed by atoms with Crippen LogP contribution >= 0.6 is 0 Å². The number of piperidine rings is 1. The molecule has 5 aliphatic rings. The lowest BCUT2D eigenvalue weighted by atomic mass is 9.84. The number of benzene rings is 3. The molecule has 290 valence electrons. The van der Waals surface area contributed by atoms with Crippen molar-refractivity contribution in [1.29, 1.82) is 5.26 Å². The third-order valence-electron chi connectivity index (χ3n) is 11.9. The van der Waals surface area contributed by atoms with Crippen LogP contribution in [0.15, 0.2) is 78.3 Å². The van der Waals surface area contributed by atoms with Gasteiger partial charge < -0.3 is 28.4 Å². The van der Waals surface area contributed by atoms with Crippen LogP contribution in [0, 0.1) is 17.2 Å². The van der Waals surface area contributed by atoms with E-state index in [0.717, 1.165) is 86.3 Å². The number of rotatable bonds is 7. The normalized spacial score (nSPS) is 22.0. The van der Waals surface area contributed by atoms with Crippen LogP contribution in [-0.4, -0.2) is 89.5 Å². The lowest BCUT2D eigenvalue weighted by Crippen LogP contribution is -2.39. The molecule has 8 rings (SSSR count). The van der Waals surface area contributed by atoms with E-state index in [4.69, 9.17) is 28.4 Å². The summed E-state index contributed by atoms with van der Waals surface area (Å²) in [6, 6.07) is 17.0. The molecule has 0 saturated carbocycles. The summed E-state index contributed by atoms with van der Waals surface area (Å²) in [4.78, 5) is 7.22. The van der Waals surface area contributed by atoms with Crippen molar-refractivity contribution >= 4 is 0 Å². The number of nitriles is 1. The first-order chi connectivity index (χ1) is 26.8. The third kappa shape index (κ3) is 7.79. The highest BCUT2D eigenvalue weighted by atomic mass is 16.7. The molecule has 55 heavy (non-hydrogen) atoms. The highest BCUT2D eigenvalue weighted by molar-refractivity contribution is 5.66. The highest BCUT2D eigenvalue weighted by Gasteiger charge is 2.37. The van der Waals surface area contributed by atoms with Crippen molar-refractivity contribution in [2.75, 3.05) is 68.7 Å². The van der Waals surface area contributed by atoms with Gasteiger partial charge in [-0.2, -0.15) is 5.26 Å². The van der Waals surface area contributed by atoms with Crippen molar-refractivity contribution in [2.24, 2.45) is 5.92 Å². The molecule has 5 aliphatic heterocycles. The second-order valence-electron chi connectivity index (χ2n) is 15.0. The maximum absolute atomic E-state index is 9.60. The Bertz CT molecular complexity index is 1990. The van der Waals surface area contributed by atoms with Crippen LogP contribution in [0.25, 0.3) is 0 Å². The molecule has 10 heteroatoms. The number of nitrogens with zero attached hydrogens (tertiary/aromatic N) is 4. The van der Waals surface area contributed by atoms with Crippen LogP contribution in [0.3, 0.4) is 0 Å². The summed E-state index contributed by atoms with van der Waals surface area (Å²) in [6.45, 7) is 8.35. The van der Waals surface area contributed by atoms with Crippen LogP contribution in [-0.2, 0) is 30.5 Å². The van der Waals surface area contributed by atoms with Crippen molar-refractivity contribution in [1.82, 2.24) is 14.7 Å². The molecular weight excluding hydrogens is 693 g/mol. The van der Waals surface area contributed by atoms with E-state index in [1.807, 2.05) is 30.4 Å². The van der Waals surface area contributed by atoms with E-state index in [9.17, 15) is 5.26 Å². The van der Waals surface area contributed by atoms with Crippen molar-refractivity contribution in [2.45, 2.75) is 57.2 Å². The summed E-state index contributed by atoms with van der Waals surface area (Å²) < 4.78 is 38.1. The molecule has 1 fully saturated rings. The number of hydrogen-bond donors (Lipinski definition) is 0. The summed E-state index contributed by atoms with van der Waals surface area (Å²) >= 11 is 0. The van der Waals surface area contributed by atoms with Crippen molar-refractivity contribution < 1.29 is 28.4 Å². The Morgan fingerprint density at radius 3 is 2.18 bits per heavy atom. The third-order valence-corrected chi connectivity index (χ3v) is 11.9. The number of allylic oxidation sites excluding steroid dienone is 1. The van der Waals surface area contributed by atoms with Crippen molar-refractivity contribution in [3.8, 4) is 40.6 Å². The largest absolute Gasteiger partial charge is 0.493 e. The molecule has 4 bridgehead atoms. The fraction of sp³-hybridized carbons (Fsp3) is 0.444. The van der Waals surface area contributed by atoms with E-state index in [1.54, 1.807) is 28.4 Å². The van der Waals surface area contributed by atoms with E-state index in [2.05, 4.69) is 65.7 Å². The molecule has 0 N–H and O–H groups in total. The van der Waals surface area contributed by atoms with E-state index >= 15 is 0 Å². The molecule has 2 atom stereocenters. The number of likely N-dealkylation sites (tertiary alicyclic amines) is 1. The van der Waals surface area contributed by atoms with Crippen molar-refractivity contribution in [3.63, 3.8) is 0 Å². The number of hydrogen-bond acceptors (Lipinski definition) is 10. The van der Waals surface area contributed by atoms with Gasteiger partial charge in [0.2, 0.25) is 5.75 Å². The maximum atomic E-state index is 9.60. The number of likely N-dealkylation sites (N-methyl/N-ethyl adjacent to an activating group) is 2. The van der Waals surface area contributed by atoms with Crippen LogP contribution in [0.1, 0.15) is 53.1 Å². The standard InChI is InChI=1S/C45H54N4O6/c1-8-32-17-19-47(2)37-23-29-9-12-33(13-10-29)54-40-25-31(11-14-39(40)50-4)24-38-42-34(18-20-48(38)3)36(28-49-21-15-30(27-46)16-22-49)43(52-6)45(53-7)44(42)55-41(51-5)26-35(32)37/h8-14,25-26,30,37-38H,1,15-24,28H2,2-7H3/b41-26+/t37-,38-/m0/s1. The SMILES string of the molecule is C=CC1=C2/C=C(\OC)Oc3c(OC)c(OC)c(CN4CCC(C#N)CC4)c4c3[C@H](Cc3ccc(OC)c(c3)Oc3ccc(cc3)C[C@@H]2N(C)CC1)N(C)CC4. The summed E-state index contributed by atoms with van der Waals surface area (Å²) in [5.74, 6) is 4.34. The first-order valence-corrected chi connectivity index (χ1v) is 19.3. The average molecular weight is 747 g/mol. The van der Waals surface area contributed by atoms with Gasteiger partial charge in [-0.15, -0.1) is 0 Å². The highest BCUT2D eigenvalue weighted by Crippen LogP contribution is 2.52. The zero-order chi connectivity index (χ0) is 38.6. The van der Waals surface area contributed by atoms with Crippen LogP contribution < -0.4 is 23.7 Å². The van der Waals surface area contributed by atoms with Crippen LogP contribution in [0.5, 0.6) is 34.5 Å². The number of methoxy groups -OCH3 is 4. The average Bonchev–Trinajstić information content (AvgIpc) is 3.21. The zero-order valence-electron chi connectivity index (χ0n) is 33.2. The lowest BCUT2D eigenvalue weighted by molar-refractivity contribution is 0.139. The molecule has 3 aromatic rings. The van der Waals surface area contributed by atoms with Crippen molar-refractivity contribution in [3.05, 3.63) is 106 Å². The smallest absolute Gasteiger partial charge is 0.284 e. The van der Waals surface area contributed by atoms with E-state index in [-0.39, 0.29) is 18.0 Å². The van der Waals surface area contributed by atoms with E-state index < -0.39 is 0 Å². The fourth-order valence-corrected chi connectivity index (χ4v) is 8.75.